The molecule has 2 amide bonds. The average molecular weight is 356 g/mol. The molecule has 8 heteroatoms. The smallest absolute Gasteiger partial charge is 0.337 e. The fourth-order valence-corrected chi connectivity index (χ4v) is 2.64. The van der Waals surface area contributed by atoms with Crippen LogP contribution in [-0.2, 0) is 0 Å². The summed E-state index contributed by atoms with van der Waals surface area (Å²) in [6.45, 7) is 0. The van der Waals surface area contributed by atoms with E-state index in [1.165, 1.54) is 29.4 Å². The maximum Gasteiger partial charge on any atom is 0.337 e. The van der Waals surface area contributed by atoms with Crippen molar-refractivity contribution in [1.82, 2.24) is 4.98 Å². The lowest BCUT2D eigenvalue weighted by molar-refractivity contribution is 0.0697. The predicted molar refractivity (Wildman–Crippen MR) is 80.6 cm³/mol. The molecule has 1 aromatic carbocycles. The Morgan fingerprint density at radius 1 is 1.40 bits per heavy atom. The Labute approximate surface area is 127 Å². The van der Waals surface area contributed by atoms with E-state index in [0.717, 1.165) is 3.79 Å². The second-order valence-corrected chi connectivity index (χ2v) is 6.19. The number of hydrogen-bond acceptors (Lipinski definition) is 4. The quantitative estimate of drug-likeness (QED) is 0.884. The van der Waals surface area contributed by atoms with Crippen molar-refractivity contribution in [3.8, 4) is 0 Å². The number of nitrogens with zero attached hydrogens (tertiary/aromatic N) is 2. The van der Waals surface area contributed by atoms with Gasteiger partial charge in [-0.05, 0) is 28.1 Å². The van der Waals surface area contributed by atoms with Crippen molar-refractivity contribution in [2.45, 2.75) is 0 Å². The van der Waals surface area contributed by atoms with Gasteiger partial charge in [-0.3, -0.25) is 10.2 Å². The standard InChI is InChI=1S/C12H10BrN3O3S/c1-16(8-5-3-2-4-7(8)10(17)18)12(19)15-11-14-6-9(13)20-11/h2-6H,1H3,(H,17,18)(H,14,15,19). The maximum absolute atomic E-state index is 12.1. The van der Waals surface area contributed by atoms with Crippen molar-refractivity contribution in [1.29, 1.82) is 0 Å². The van der Waals surface area contributed by atoms with Crippen LogP contribution in [0.4, 0.5) is 15.6 Å². The summed E-state index contributed by atoms with van der Waals surface area (Å²) in [5.74, 6) is -1.09. The van der Waals surface area contributed by atoms with Crippen LogP contribution in [0.5, 0.6) is 0 Å². The van der Waals surface area contributed by atoms with Crippen molar-refractivity contribution >= 4 is 50.1 Å². The number of rotatable bonds is 3. The number of carbonyl (C=O) groups is 2. The van der Waals surface area contributed by atoms with Crippen LogP contribution in [0.3, 0.4) is 0 Å². The molecule has 2 rings (SSSR count). The van der Waals surface area contributed by atoms with E-state index >= 15 is 0 Å². The van der Waals surface area contributed by atoms with Crippen molar-refractivity contribution in [2.24, 2.45) is 0 Å². The first-order valence-electron chi connectivity index (χ1n) is 5.47. The molecule has 20 heavy (non-hydrogen) atoms. The molecule has 0 spiro atoms. The fraction of sp³-hybridized carbons (Fsp3) is 0.0833. The first kappa shape index (κ1) is 14.5. The summed E-state index contributed by atoms with van der Waals surface area (Å²) in [5.41, 5.74) is 0.374. The zero-order valence-electron chi connectivity index (χ0n) is 10.3. The summed E-state index contributed by atoms with van der Waals surface area (Å²) in [6, 6.07) is 5.84. The van der Waals surface area contributed by atoms with Gasteiger partial charge in [0, 0.05) is 7.05 Å². The number of aromatic carboxylic acids is 1. The van der Waals surface area contributed by atoms with E-state index in [0.29, 0.717) is 10.8 Å². The molecule has 0 atom stereocenters. The van der Waals surface area contributed by atoms with Gasteiger partial charge in [-0.15, -0.1) is 0 Å². The highest BCUT2D eigenvalue weighted by molar-refractivity contribution is 9.11. The number of hydrogen-bond donors (Lipinski definition) is 2. The van der Waals surface area contributed by atoms with Crippen molar-refractivity contribution in [3.63, 3.8) is 0 Å². The molecular weight excluding hydrogens is 346 g/mol. The minimum Gasteiger partial charge on any atom is -0.478 e. The molecule has 1 aromatic heterocycles. The Kier molecular flexibility index (Phi) is 4.35. The number of halogens is 1. The highest BCUT2D eigenvalue weighted by Crippen LogP contribution is 2.24. The van der Waals surface area contributed by atoms with Gasteiger partial charge in [-0.2, -0.15) is 0 Å². The molecule has 0 aliphatic carbocycles. The molecule has 0 aliphatic rings. The molecular formula is C12H10BrN3O3S. The third-order valence-electron chi connectivity index (χ3n) is 2.49. The monoisotopic (exact) mass is 355 g/mol. The second kappa shape index (κ2) is 6.02. The molecule has 0 saturated heterocycles. The molecule has 0 bridgehead atoms. The molecule has 6 nitrogen and oxygen atoms in total. The minimum absolute atomic E-state index is 0.0606. The molecule has 0 saturated carbocycles. The number of benzene rings is 1. The minimum atomic E-state index is -1.09. The fourth-order valence-electron chi connectivity index (χ4n) is 1.54. The average Bonchev–Trinajstić information content (AvgIpc) is 2.83. The number of anilines is 2. The molecule has 0 fully saturated rings. The third-order valence-corrected chi connectivity index (χ3v) is 3.88. The van der Waals surface area contributed by atoms with Crippen LogP contribution in [0.1, 0.15) is 10.4 Å². The Morgan fingerprint density at radius 3 is 2.70 bits per heavy atom. The SMILES string of the molecule is CN(C(=O)Nc1ncc(Br)s1)c1ccccc1C(=O)O. The molecule has 1 heterocycles. The van der Waals surface area contributed by atoms with E-state index in [-0.39, 0.29) is 5.56 Å². The zero-order valence-corrected chi connectivity index (χ0v) is 12.7. The van der Waals surface area contributed by atoms with Crippen molar-refractivity contribution in [2.75, 3.05) is 17.3 Å². The summed E-state index contributed by atoms with van der Waals surface area (Å²) in [7, 11) is 1.50. The van der Waals surface area contributed by atoms with Crippen LogP contribution in [0.25, 0.3) is 0 Å². The van der Waals surface area contributed by atoms with Crippen LogP contribution in [-0.4, -0.2) is 29.1 Å². The van der Waals surface area contributed by atoms with E-state index in [1.807, 2.05) is 0 Å². The van der Waals surface area contributed by atoms with Crippen LogP contribution in [0.2, 0.25) is 0 Å². The first-order valence-corrected chi connectivity index (χ1v) is 7.08. The van der Waals surface area contributed by atoms with Crippen molar-refractivity contribution < 1.29 is 14.7 Å². The Hall–Kier alpha value is -1.93. The number of carboxylic acids is 1. The number of carbonyl (C=O) groups excluding carboxylic acids is 1. The normalized spacial score (nSPS) is 10.1. The number of para-hydroxylation sites is 1. The summed E-state index contributed by atoms with van der Waals surface area (Å²) in [6.07, 6.45) is 1.57. The zero-order chi connectivity index (χ0) is 14.7. The van der Waals surface area contributed by atoms with E-state index < -0.39 is 12.0 Å². The van der Waals surface area contributed by atoms with Crippen molar-refractivity contribution in [3.05, 3.63) is 39.8 Å². The van der Waals surface area contributed by atoms with E-state index in [2.05, 4.69) is 26.2 Å². The predicted octanol–water partition coefficient (Wildman–Crippen LogP) is 3.27. The number of urea groups is 1. The lowest BCUT2D eigenvalue weighted by atomic mass is 10.1. The lowest BCUT2D eigenvalue weighted by Crippen LogP contribution is -2.32. The van der Waals surface area contributed by atoms with Crippen LogP contribution < -0.4 is 10.2 Å². The topological polar surface area (TPSA) is 82.5 Å². The van der Waals surface area contributed by atoms with E-state index in [9.17, 15) is 9.59 Å². The number of amides is 2. The summed E-state index contributed by atoms with van der Waals surface area (Å²) in [5, 5.41) is 12.1. The summed E-state index contributed by atoms with van der Waals surface area (Å²) in [4.78, 5) is 28.4. The number of aromatic nitrogens is 1. The van der Waals surface area contributed by atoms with E-state index in [4.69, 9.17) is 5.11 Å². The number of thiazole rings is 1. The summed E-state index contributed by atoms with van der Waals surface area (Å²) < 4.78 is 0.793. The van der Waals surface area contributed by atoms with Crippen LogP contribution in [0, 0.1) is 0 Å². The number of nitrogens with one attached hydrogen (secondary N) is 1. The molecule has 104 valence electrons. The molecule has 0 aliphatic heterocycles. The third kappa shape index (κ3) is 3.14. The van der Waals surface area contributed by atoms with Gasteiger partial charge >= 0.3 is 12.0 Å². The van der Waals surface area contributed by atoms with Gasteiger partial charge in [-0.25, -0.2) is 14.6 Å². The van der Waals surface area contributed by atoms with Gasteiger partial charge < -0.3 is 5.11 Å². The van der Waals surface area contributed by atoms with Gasteiger partial charge in [0.15, 0.2) is 5.13 Å². The summed E-state index contributed by atoms with van der Waals surface area (Å²) >= 11 is 4.52. The maximum atomic E-state index is 12.1. The van der Waals surface area contributed by atoms with Crippen LogP contribution in [0.15, 0.2) is 34.2 Å². The van der Waals surface area contributed by atoms with Gasteiger partial charge in [0.05, 0.1) is 21.2 Å². The Morgan fingerprint density at radius 2 is 2.10 bits per heavy atom. The number of carboxylic acid groups (broad SMARTS) is 1. The Bertz CT molecular complexity index is 659. The van der Waals surface area contributed by atoms with Gasteiger partial charge in [-0.1, -0.05) is 23.5 Å². The lowest BCUT2D eigenvalue weighted by Gasteiger charge is -2.18. The highest BCUT2D eigenvalue weighted by atomic mass is 79.9. The molecule has 0 radical (unpaired) electrons. The molecule has 2 N–H and O–H groups in total. The van der Waals surface area contributed by atoms with E-state index in [1.54, 1.807) is 24.4 Å². The molecule has 0 unspecified atom stereocenters. The first-order chi connectivity index (χ1) is 9.49. The molecule has 2 aromatic rings. The highest BCUT2D eigenvalue weighted by Gasteiger charge is 2.18. The second-order valence-electron chi connectivity index (χ2n) is 3.78. The van der Waals surface area contributed by atoms with Gasteiger partial charge in [0.2, 0.25) is 0 Å². The Balaban J connectivity index is 2.20. The van der Waals surface area contributed by atoms with Crippen LogP contribution >= 0.6 is 27.3 Å². The van der Waals surface area contributed by atoms with Gasteiger partial charge in [0.1, 0.15) is 0 Å². The van der Waals surface area contributed by atoms with Gasteiger partial charge in [0.25, 0.3) is 0 Å². The largest absolute Gasteiger partial charge is 0.478 e.